The van der Waals surface area contributed by atoms with Crippen LogP contribution in [0.25, 0.3) is 0 Å². The minimum atomic E-state index is -0.965. The van der Waals surface area contributed by atoms with Crippen LogP contribution in [0.5, 0.6) is 0 Å². The van der Waals surface area contributed by atoms with Crippen molar-refractivity contribution in [2.45, 2.75) is 112 Å². The van der Waals surface area contributed by atoms with E-state index < -0.39 is 28.5 Å². The standard InChI is InChI=1S/C30H48O4/c1-25(2)14-15-26(3)19(16-25)18-8-9-21-27(4)12-11-22(32)28(5,17-31)20(27)10-13-29(21,6)30(18,7)24(34)23(26)33/h8,19-22,24,31-32,34H,9-17H2,1-7H3/t19-,20+,21+,22-,24-,26-,27-,28-,29+,30-/m0/s1. The first-order valence-electron chi connectivity index (χ1n) is 13.8. The second-order valence-corrected chi connectivity index (χ2v) is 15.0. The van der Waals surface area contributed by atoms with Crippen molar-refractivity contribution in [3.8, 4) is 0 Å². The molecule has 4 saturated carbocycles. The lowest BCUT2D eigenvalue weighted by Crippen LogP contribution is -2.70. The maximum atomic E-state index is 14.0. The Morgan fingerprint density at radius 3 is 2.24 bits per heavy atom. The number of allylic oxidation sites excluding steroid dienone is 1. The van der Waals surface area contributed by atoms with Gasteiger partial charge in [0.05, 0.1) is 12.7 Å². The normalized spacial score (nSPS) is 56.5. The first-order valence-corrected chi connectivity index (χ1v) is 13.8. The van der Waals surface area contributed by atoms with Gasteiger partial charge in [-0.1, -0.05) is 60.1 Å². The van der Waals surface area contributed by atoms with Crippen LogP contribution < -0.4 is 0 Å². The van der Waals surface area contributed by atoms with E-state index in [0.717, 1.165) is 44.9 Å². The predicted octanol–water partition coefficient (Wildman–Crippen LogP) is 5.29. The summed E-state index contributed by atoms with van der Waals surface area (Å²) in [5, 5.41) is 33.2. The molecule has 0 amide bonds. The summed E-state index contributed by atoms with van der Waals surface area (Å²) in [7, 11) is 0. The number of rotatable bonds is 1. The van der Waals surface area contributed by atoms with E-state index in [0.29, 0.717) is 12.3 Å². The molecule has 5 aliphatic rings. The Balaban J connectivity index is 1.64. The molecule has 192 valence electrons. The Bertz CT molecular complexity index is 923. The highest BCUT2D eigenvalue weighted by Crippen LogP contribution is 2.75. The molecule has 10 atom stereocenters. The van der Waals surface area contributed by atoms with Crippen molar-refractivity contribution < 1.29 is 20.1 Å². The molecule has 0 aliphatic heterocycles. The van der Waals surface area contributed by atoms with Crippen molar-refractivity contribution in [1.29, 1.82) is 0 Å². The smallest absolute Gasteiger partial charge is 0.168 e. The molecular weight excluding hydrogens is 424 g/mol. The van der Waals surface area contributed by atoms with Gasteiger partial charge in [-0.05, 0) is 85.4 Å². The monoisotopic (exact) mass is 472 g/mol. The third-order valence-electron chi connectivity index (χ3n) is 13.1. The number of ketones is 1. The van der Waals surface area contributed by atoms with Gasteiger partial charge < -0.3 is 15.3 Å². The maximum absolute atomic E-state index is 14.0. The first kappa shape index (κ1) is 25.0. The van der Waals surface area contributed by atoms with Crippen LogP contribution in [0.4, 0.5) is 0 Å². The van der Waals surface area contributed by atoms with Gasteiger partial charge in [-0.15, -0.1) is 0 Å². The number of hydrogen-bond acceptors (Lipinski definition) is 4. The van der Waals surface area contributed by atoms with Crippen LogP contribution in [0, 0.1) is 50.2 Å². The van der Waals surface area contributed by atoms with Crippen molar-refractivity contribution in [3.63, 3.8) is 0 Å². The van der Waals surface area contributed by atoms with E-state index in [2.05, 4.69) is 54.5 Å². The minimum absolute atomic E-state index is 0.00678. The summed E-state index contributed by atoms with van der Waals surface area (Å²) in [4.78, 5) is 14.0. The Morgan fingerprint density at radius 1 is 0.912 bits per heavy atom. The van der Waals surface area contributed by atoms with Gasteiger partial charge in [0.1, 0.15) is 6.10 Å². The van der Waals surface area contributed by atoms with Crippen LogP contribution in [0.15, 0.2) is 11.6 Å². The molecular formula is C30H48O4. The van der Waals surface area contributed by atoms with Gasteiger partial charge in [-0.25, -0.2) is 0 Å². The highest BCUT2D eigenvalue weighted by Gasteiger charge is 2.72. The third-order valence-corrected chi connectivity index (χ3v) is 13.1. The highest BCUT2D eigenvalue weighted by molar-refractivity contribution is 5.92. The summed E-state index contributed by atoms with van der Waals surface area (Å²) in [6.07, 6.45) is 8.38. The molecule has 5 aliphatic carbocycles. The fourth-order valence-electron chi connectivity index (χ4n) is 10.5. The van der Waals surface area contributed by atoms with E-state index in [1.165, 1.54) is 5.57 Å². The topological polar surface area (TPSA) is 77.8 Å². The van der Waals surface area contributed by atoms with E-state index in [1.807, 2.05) is 0 Å². The van der Waals surface area contributed by atoms with Crippen LogP contribution >= 0.6 is 0 Å². The van der Waals surface area contributed by atoms with Crippen molar-refractivity contribution in [3.05, 3.63) is 11.6 Å². The molecule has 0 heterocycles. The number of carbonyl (C=O) groups excluding carboxylic acids is 1. The van der Waals surface area contributed by atoms with Crippen molar-refractivity contribution in [1.82, 2.24) is 0 Å². The van der Waals surface area contributed by atoms with E-state index >= 15 is 0 Å². The fraction of sp³-hybridized carbons (Fsp3) is 0.900. The fourth-order valence-corrected chi connectivity index (χ4v) is 10.5. The molecule has 4 heteroatoms. The molecule has 0 saturated heterocycles. The number of aliphatic hydroxyl groups excluding tert-OH is 3. The quantitative estimate of drug-likeness (QED) is 0.453. The number of hydrogen-bond donors (Lipinski definition) is 3. The highest BCUT2D eigenvalue weighted by atomic mass is 16.3. The second kappa shape index (κ2) is 7.19. The maximum Gasteiger partial charge on any atom is 0.168 e. The van der Waals surface area contributed by atoms with Crippen molar-refractivity contribution >= 4 is 5.78 Å². The molecule has 0 spiro atoms. The molecule has 0 bridgehead atoms. The summed E-state index contributed by atoms with van der Waals surface area (Å²) >= 11 is 0. The summed E-state index contributed by atoms with van der Waals surface area (Å²) in [5.74, 6) is 0.826. The summed E-state index contributed by atoms with van der Waals surface area (Å²) < 4.78 is 0. The predicted molar refractivity (Wildman–Crippen MR) is 134 cm³/mol. The van der Waals surface area contributed by atoms with Gasteiger partial charge >= 0.3 is 0 Å². The molecule has 0 radical (unpaired) electrons. The molecule has 0 aromatic heterocycles. The average Bonchev–Trinajstić information content (AvgIpc) is 2.77. The number of Topliss-reactive ketones (excluding diaryl/α,β-unsaturated/α-hetero) is 1. The summed E-state index contributed by atoms with van der Waals surface area (Å²) in [6, 6.07) is 0. The lowest BCUT2D eigenvalue weighted by Gasteiger charge is -2.71. The zero-order chi connectivity index (χ0) is 25.1. The lowest BCUT2D eigenvalue weighted by molar-refractivity contribution is -0.228. The van der Waals surface area contributed by atoms with Gasteiger partial charge in [0.25, 0.3) is 0 Å². The average molecular weight is 473 g/mol. The van der Waals surface area contributed by atoms with E-state index in [-0.39, 0.29) is 40.5 Å². The van der Waals surface area contributed by atoms with Crippen LogP contribution in [0.1, 0.15) is 99.8 Å². The lowest BCUT2D eigenvalue weighted by atomic mass is 9.33. The van der Waals surface area contributed by atoms with Crippen LogP contribution in [-0.2, 0) is 4.79 Å². The van der Waals surface area contributed by atoms with Gasteiger partial charge in [0.2, 0.25) is 0 Å². The number of carbonyl (C=O) groups is 1. The number of aliphatic hydroxyl groups is 3. The summed E-state index contributed by atoms with van der Waals surface area (Å²) in [6.45, 7) is 15.8. The van der Waals surface area contributed by atoms with Crippen LogP contribution in [0.3, 0.4) is 0 Å². The molecule has 0 unspecified atom stereocenters. The van der Waals surface area contributed by atoms with Gasteiger partial charge in [-0.3, -0.25) is 4.79 Å². The molecule has 5 rings (SSSR count). The first-order chi connectivity index (χ1) is 15.6. The third kappa shape index (κ3) is 2.74. The Morgan fingerprint density at radius 2 is 1.59 bits per heavy atom. The largest absolute Gasteiger partial charge is 0.396 e. The zero-order valence-corrected chi connectivity index (χ0v) is 22.6. The van der Waals surface area contributed by atoms with E-state index in [9.17, 15) is 20.1 Å². The minimum Gasteiger partial charge on any atom is -0.396 e. The molecule has 4 nitrogen and oxygen atoms in total. The van der Waals surface area contributed by atoms with E-state index in [4.69, 9.17) is 0 Å². The van der Waals surface area contributed by atoms with Gasteiger partial charge in [0.15, 0.2) is 5.78 Å². The van der Waals surface area contributed by atoms with Crippen LogP contribution in [0.2, 0.25) is 0 Å². The Labute approximate surface area is 206 Å². The molecule has 3 N–H and O–H groups in total. The molecule has 34 heavy (non-hydrogen) atoms. The Hall–Kier alpha value is -0.710. The SMILES string of the molecule is CC1(C)CC[C@]2(C)C(=O)[C@H](O)[C@]3(C)C(=CC[C@@H]4[C@@]5(C)CC[C@H](O)[C@@](C)(CO)[C@@H]5CC[C@]43C)[C@@H]2C1. The zero-order valence-electron chi connectivity index (χ0n) is 22.6. The van der Waals surface area contributed by atoms with Gasteiger partial charge in [0, 0.05) is 16.2 Å². The second-order valence-electron chi connectivity index (χ2n) is 15.0. The van der Waals surface area contributed by atoms with Crippen molar-refractivity contribution in [2.75, 3.05) is 6.61 Å². The molecule has 0 aromatic rings. The number of fused-ring (bicyclic) bond motifs is 7. The van der Waals surface area contributed by atoms with Gasteiger partial charge in [-0.2, -0.15) is 0 Å². The Kier molecular flexibility index (Phi) is 5.28. The summed E-state index contributed by atoms with van der Waals surface area (Å²) in [5.41, 5.74) is -0.191. The van der Waals surface area contributed by atoms with Crippen LogP contribution in [-0.4, -0.2) is 39.9 Å². The van der Waals surface area contributed by atoms with E-state index in [1.54, 1.807) is 0 Å². The molecule has 4 fully saturated rings. The van der Waals surface area contributed by atoms with Crippen molar-refractivity contribution in [2.24, 2.45) is 50.2 Å². The molecule has 0 aromatic carbocycles.